The van der Waals surface area contributed by atoms with Gasteiger partial charge in [0.05, 0.1) is 6.20 Å². The minimum atomic E-state index is 0.850. The fourth-order valence-electron chi connectivity index (χ4n) is 2.04. The van der Waals surface area contributed by atoms with Crippen LogP contribution in [0.25, 0.3) is 5.65 Å². The normalized spacial score (nSPS) is 10.9. The first-order valence-corrected chi connectivity index (χ1v) is 7.45. The highest BCUT2D eigenvalue weighted by Gasteiger charge is 2.08. The van der Waals surface area contributed by atoms with E-state index in [-0.39, 0.29) is 0 Å². The van der Waals surface area contributed by atoms with Crippen LogP contribution in [0, 0.1) is 6.92 Å². The molecule has 0 spiro atoms. The molecule has 5 heteroatoms. The van der Waals surface area contributed by atoms with Crippen molar-refractivity contribution in [3.63, 3.8) is 0 Å². The molecule has 3 rings (SSSR count). The minimum Gasteiger partial charge on any atom is -0.372 e. The quantitative estimate of drug-likeness (QED) is 0.746. The summed E-state index contributed by atoms with van der Waals surface area (Å²) in [4.78, 5) is 8.99. The average Bonchev–Trinajstić information content (AvgIpc) is 2.94. The zero-order valence-corrected chi connectivity index (χ0v) is 12.3. The van der Waals surface area contributed by atoms with E-state index in [9.17, 15) is 0 Å². The van der Waals surface area contributed by atoms with Gasteiger partial charge in [-0.15, -0.1) is 0 Å². The van der Waals surface area contributed by atoms with Crippen LogP contribution in [-0.4, -0.2) is 21.4 Å². The topological polar surface area (TPSA) is 42.2 Å². The van der Waals surface area contributed by atoms with E-state index in [0.717, 1.165) is 22.2 Å². The summed E-state index contributed by atoms with van der Waals surface area (Å²) in [7, 11) is 1.88. The number of nitrogens with one attached hydrogen (secondary N) is 1. The van der Waals surface area contributed by atoms with Crippen molar-refractivity contribution in [2.24, 2.45) is 0 Å². The lowest BCUT2D eigenvalue weighted by Crippen LogP contribution is -1.98. The van der Waals surface area contributed by atoms with Crippen LogP contribution in [0.4, 0.5) is 5.82 Å². The predicted molar refractivity (Wildman–Crippen MR) is 83.3 cm³/mol. The molecule has 2 heterocycles. The summed E-state index contributed by atoms with van der Waals surface area (Å²) in [5.74, 6) is 1.75. The fraction of sp³-hybridized carbons (Fsp3) is 0.200. The SMILES string of the molecule is CNc1cn2ccnc2c(SCc2ccccc2C)n1. The Hall–Kier alpha value is -2.01. The third-order valence-corrected chi connectivity index (χ3v) is 4.23. The van der Waals surface area contributed by atoms with Crippen molar-refractivity contribution in [2.75, 3.05) is 12.4 Å². The summed E-state index contributed by atoms with van der Waals surface area (Å²) in [6, 6.07) is 8.44. The number of aromatic nitrogens is 3. The number of aryl methyl sites for hydroxylation is 1. The van der Waals surface area contributed by atoms with E-state index in [1.54, 1.807) is 18.0 Å². The maximum absolute atomic E-state index is 4.60. The number of anilines is 1. The molecule has 1 aromatic carbocycles. The van der Waals surface area contributed by atoms with Crippen molar-refractivity contribution in [3.8, 4) is 0 Å². The van der Waals surface area contributed by atoms with Crippen LogP contribution in [0.2, 0.25) is 0 Å². The van der Waals surface area contributed by atoms with Crippen LogP contribution in [0.3, 0.4) is 0 Å². The molecular formula is C15H16N4S. The number of nitrogens with zero attached hydrogens (tertiary/aromatic N) is 3. The van der Waals surface area contributed by atoms with Gasteiger partial charge in [0.2, 0.25) is 0 Å². The van der Waals surface area contributed by atoms with Crippen LogP contribution < -0.4 is 5.32 Å². The molecule has 4 nitrogen and oxygen atoms in total. The van der Waals surface area contributed by atoms with Gasteiger partial charge >= 0.3 is 0 Å². The van der Waals surface area contributed by atoms with E-state index < -0.39 is 0 Å². The molecule has 0 bridgehead atoms. The third-order valence-electron chi connectivity index (χ3n) is 3.23. The van der Waals surface area contributed by atoms with Gasteiger partial charge < -0.3 is 9.72 Å². The van der Waals surface area contributed by atoms with E-state index in [2.05, 4.69) is 46.5 Å². The van der Waals surface area contributed by atoms with Gasteiger partial charge in [-0.05, 0) is 18.1 Å². The Bertz CT molecular complexity index is 736. The van der Waals surface area contributed by atoms with Crippen molar-refractivity contribution in [1.82, 2.24) is 14.4 Å². The number of hydrogen-bond acceptors (Lipinski definition) is 4. The summed E-state index contributed by atoms with van der Waals surface area (Å²) in [5, 5.41) is 4.03. The Kier molecular flexibility index (Phi) is 3.60. The number of hydrogen-bond donors (Lipinski definition) is 1. The molecule has 0 unspecified atom stereocenters. The second kappa shape index (κ2) is 5.54. The van der Waals surface area contributed by atoms with Gasteiger partial charge in [0, 0.05) is 25.2 Å². The third kappa shape index (κ3) is 2.49. The van der Waals surface area contributed by atoms with Crippen molar-refractivity contribution in [3.05, 3.63) is 54.0 Å². The minimum absolute atomic E-state index is 0.850. The van der Waals surface area contributed by atoms with Crippen molar-refractivity contribution in [1.29, 1.82) is 0 Å². The van der Waals surface area contributed by atoms with E-state index >= 15 is 0 Å². The first kappa shape index (κ1) is 13.0. The summed E-state index contributed by atoms with van der Waals surface area (Å²) >= 11 is 1.72. The molecule has 0 aliphatic rings. The zero-order valence-electron chi connectivity index (χ0n) is 11.5. The van der Waals surface area contributed by atoms with Crippen molar-refractivity contribution >= 4 is 23.2 Å². The van der Waals surface area contributed by atoms with Crippen LogP contribution in [0.15, 0.2) is 47.9 Å². The largest absolute Gasteiger partial charge is 0.372 e. The van der Waals surface area contributed by atoms with Crippen LogP contribution >= 0.6 is 11.8 Å². The van der Waals surface area contributed by atoms with Gasteiger partial charge in [-0.1, -0.05) is 36.0 Å². The standard InChI is InChI=1S/C15H16N4S/c1-11-5-3-4-6-12(11)10-20-15-14-17-7-8-19(14)9-13(16-2)18-15/h3-9,16H,10H2,1-2H3. The Morgan fingerprint density at radius 2 is 2.15 bits per heavy atom. The van der Waals surface area contributed by atoms with Gasteiger partial charge in [-0.2, -0.15) is 0 Å². The predicted octanol–water partition coefficient (Wildman–Crippen LogP) is 3.37. The van der Waals surface area contributed by atoms with Crippen LogP contribution in [0.5, 0.6) is 0 Å². The Labute approximate surface area is 122 Å². The summed E-state index contributed by atoms with van der Waals surface area (Å²) in [5.41, 5.74) is 3.55. The molecule has 3 aromatic rings. The number of imidazole rings is 1. The monoisotopic (exact) mass is 284 g/mol. The van der Waals surface area contributed by atoms with Gasteiger partial charge in [-0.3, -0.25) is 0 Å². The smallest absolute Gasteiger partial charge is 0.169 e. The van der Waals surface area contributed by atoms with Gasteiger partial charge in [-0.25, -0.2) is 9.97 Å². The number of benzene rings is 1. The highest BCUT2D eigenvalue weighted by atomic mass is 32.2. The maximum Gasteiger partial charge on any atom is 0.169 e. The molecule has 20 heavy (non-hydrogen) atoms. The van der Waals surface area contributed by atoms with Crippen molar-refractivity contribution < 1.29 is 0 Å². The molecule has 0 radical (unpaired) electrons. The number of fused-ring (bicyclic) bond motifs is 1. The Morgan fingerprint density at radius 1 is 1.30 bits per heavy atom. The lowest BCUT2D eigenvalue weighted by Gasteiger charge is -2.08. The summed E-state index contributed by atoms with van der Waals surface area (Å²) < 4.78 is 2.00. The first-order chi connectivity index (χ1) is 9.78. The van der Waals surface area contributed by atoms with Gasteiger partial charge in [0.25, 0.3) is 0 Å². The lowest BCUT2D eigenvalue weighted by atomic mass is 10.1. The maximum atomic E-state index is 4.60. The number of thioether (sulfide) groups is 1. The Balaban J connectivity index is 1.90. The van der Waals surface area contributed by atoms with E-state index in [1.165, 1.54) is 11.1 Å². The molecule has 0 saturated carbocycles. The number of rotatable bonds is 4. The summed E-state index contributed by atoms with van der Waals surface area (Å²) in [6.07, 6.45) is 5.68. The lowest BCUT2D eigenvalue weighted by molar-refractivity contribution is 1.03. The summed E-state index contributed by atoms with van der Waals surface area (Å²) in [6.45, 7) is 2.14. The van der Waals surface area contributed by atoms with E-state index in [4.69, 9.17) is 0 Å². The second-order valence-corrected chi connectivity index (χ2v) is 5.52. The highest BCUT2D eigenvalue weighted by molar-refractivity contribution is 7.98. The molecule has 0 atom stereocenters. The molecular weight excluding hydrogens is 268 g/mol. The molecule has 0 amide bonds. The zero-order chi connectivity index (χ0) is 13.9. The molecule has 0 aliphatic carbocycles. The van der Waals surface area contributed by atoms with Gasteiger partial charge in [0.15, 0.2) is 5.65 Å². The van der Waals surface area contributed by atoms with Gasteiger partial charge in [0.1, 0.15) is 10.8 Å². The molecule has 0 aliphatic heterocycles. The Morgan fingerprint density at radius 3 is 2.95 bits per heavy atom. The molecule has 2 aromatic heterocycles. The molecule has 0 fully saturated rings. The second-order valence-electron chi connectivity index (χ2n) is 4.55. The first-order valence-electron chi connectivity index (χ1n) is 6.46. The molecule has 102 valence electrons. The van der Waals surface area contributed by atoms with Crippen LogP contribution in [-0.2, 0) is 5.75 Å². The van der Waals surface area contributed by atoms with Crippen molar-refractivity contribution in [2.45, 2.75) is 17.7 Å². The van der Waals surface area contributed by atoms with E-state index in [1.807, 2.05) is 23.8 Å². The van der Waals surface area contributed by atoms with E-state index in [0.29, 0.717) is 0 Å². The molecule has 1 N–H and O–H groups in total. The fourth-order valence-corrected chi connectivity index (χ4v) is 3.10. The van der Waals surface area contributed by atoms with Crippen LogP contribution in [0.1, 0.15) is 11.1 Å². The molecule has 0 saturated heterocycles. The average molecular weight is 284 g/mol. The highest BCUT2D eigenvalue weighted by Crippen LogP contribution is 2.26.